The predicted molar refractivity (Wildman–Crippen MR) is 62.1 cm³/mol. The van der Waals surface area contributed by atoms with Crippen molar-refractivity contribution in [3.05, 3.63) is 29.3 Å². The van der Waals surface area contributed by atoms with Gasteiger partial charge in [0.2, 0.25) is 0 Å². The third-order valence-electron chi connectivity index (χ3n) is 1.83. The van der Waals surface area contributed by atoms with Gasteiger partial charge in [0, 0.05) is 16.2 Å². The molecule has 1 aromatic rings. The number of thioether (sulfide) groups is 1. The van der Waals surface area contributed by atoms with E-state index >= 15 is 0 Å². The van der Waals surface area contributed by atoms with Crippen molar-refractivity contribution < 1.29 is 4.79 Å². The predicted octanol–water partition coefficient (Wildman–Crippen LogP) is 3.12. The molecule has 0 saturated heterocycles. The molecular formula is C12H13NOS. The van der Waals surface area contributed by atoms with Crippen LogP contribution in [0, 0.1) is 17.2 Å². The maximum absolute atomic E-state index is 10.5. The van der Waals surface area contributed by atoms with Gasteiger partial charge in [-0.1, -0.05) is 19.9 Å². The molecule has 0 bridgehead atoms. The highest BCUT2D eigenvalue weighted by Gasteiger charge is 2.05. The second kappa shape index (κ2) is 5.57. The van der Waals surface area contributed by atoms with E-state index in [9.17, 15) is 4.79 Å². The number of benzene rings is 1. The second-order valence-corrected chi connectivity index (χ2v) is 4.75. The van der Waals surface area contributed by atoms with Gasteiger partial charge in [-0.05, 0) is 18.1 Å². The number of rotatable bonds is 4. The normalized spacial score (nSPS) is 10.0. The molecule has 0 aliphatic heterocycles. The average Bonchev–Trinajstić information content (AvgIpc) is 2.25. The van der Waals surface area contributed by atoms with E-state index in [1.807, 2.05) is 6.07 Å². The summed E-state index contributed by atoms with van der Waals surface area (Å²) in [5.41, 5.74) is 1.14. The lowest BCUT2D eigenvalue weighted by atomic mass is 10.1. The van der Waals surface area contributed by atoms with Crippen LogP contribution in [0.5, 0.6) is 0 Å². The number of nitrogens with zero attached hydrogens (tertiary/aromatic N) is 1. The van der Waals surface area contributed by atoms with Gasteiger partial charge in [0.25, 0.3) is 0 Å². The smallest absolute Gasteiger partial charge is 0.150 e. The van der Waals surface area contributed by atoms with E-state index in [0.29, 0.717) is 17.0 Å². The molecule has 0 amide bonds. The van der Waals surface area contributed by atoms with Crippen LogP contribution in [0.3, 0.4) is 0 Å². The maximum Gasteiger partial charge on any atom is 0.150 e. The summed E-state index contributed by atoms with van der Waals surface area (Å²) in [4.78, 5) is 11.5. The summed E-state index contributed by atoms with van der Waals surface area (Å²) < 4.78 is 0. The second-order valence-electron chi connectivity index (χ2n) is 3.69. The average molecular weight is 219 g/mol. The molecule has 0 aromatic heterocycles. The fraction of sp³-hybridized carbons (Fsp3) is 0.333. The Hall–Kier alpha value is -1.27. The Bertz CT molecular complexity index is 393. The van der Waals surface area contributed by atoms with Gasteiger partial charge in [0.05, 0.1) is 5.56 Å². The van der Waals surface area contributed by atoms with E-state index in [1.54, 1.807) is 23.9 Å². The van der Waals surface area contributed by atoms with Crippen LogP contribution in [0.25, 0.3) is 0 Å². The van der Waals surface area contributed by atoms with E-state index in [4.69, 9.17) is 5.26 Å². The summed E-state index contributed by atoms with van der Waals surface area (Å²) in [6, 6.07) is 7.34. The molecule has 0 saturated carbocycles. The highest BCUT2D eigenvalue weighted by molar-refractivity contribution is 7.99. The lowest BCUT2D eigenvalue weighted by molar-refractivity contribution is 0.112. The van der Waals surface area contributed by atoms with Crippen LogP contribution >= 0.6 is 11.8 Å². The van der Waals surface area contributed by atoms with Crippen molar-refractivity contribution in [3.63, 3.8) is 0 Å². The van der Waals surface area contributed by atoms with E-state index in [0.717, 1.165) is 16.9 Å². The topological polar surface area (TPSA) is 40.9 Å². The van der Waals surface area contributed by atoms with Crippen LogP contribution in [0.1, 0.15) is 29.8 Å². The van der Waals surface area contributed by atoms with Gasteiger partial charge in [-0.15, -0.1) is 11.8 Å². The molecule has 1 rings (SSSR count). The quantitative estimate of drug-likeness (QED) is 0.577. The summed E-state index contributed by atoms with van der Waals surface area (Å²) in [7, 11) is 0. The zero-order chi connectivity index (χ0) is 11.3. The van der Waals surface area contributed by atoms with E-state index in [2.05, 4.69) is 19.9 Å². The number of hydrogen-bond acceptors (Lipinski definition) is 3. The molecule has 0 heterocycles. The molecule has 0 radical (unpaired) electrons. The van der Waals surface area contributed by atoms with E-state index in [-0.39, 0.29) is 0 Å². The van der Waals surface area contributed by atoms with Crippen molar-refractivity contribution in [2.75, 3.05) is 5.75 Å². The lowest BCUT2D eigenvalue weighted by Crippen LogP contribution is -1.92. The fourth-order valence-corrected chi connectivity index (χ4v) is 2.03. The van der Waals surface area contributed by atoms with E-state index in [1.165, 1.54) is 0 Å². The minimum absolute atomic E-state index is 0.556. The fourth-order valence-electron chi connectivity index (χ4n) is 1.09. The van der Waals surface area contributed by atoms with Crippen molar-refractivity contribution in [1.29, 1.82) is 5.26 Å². The summed E-state index contributed by atoms with van der Waals surface area (Å²) in [6.45, 7) is 4.28. The molecule has 0 spiro atoms. The van der Waals surface area contributed by atoms with Crippen molar-refractivity contribution in [1.82, 2.24) is 0 Å². The number of nitriles is 1. The van der Waals surface area contributed by atoms with Gasteiger partial charge in [-0.3, -0.25) is 4.79 Å². The third kappa shape index (κ3) is 3.41. The van der Waals surface area contributed by atoms with Gasteiger partial charge < -0.3 is 0 Å². The maximum atomic E-state index is 10.5. The Balaban J connectivity index is 2.89. The zero-order valence-electron chi connectivity index (χ0n) is 8.86. The molecule has 1 aromatic carbocycles. The molecule has 3 heteroatoms. The molecule has 0 atom stereocenters. The molecule has 0 unspecified atom stereocenters. The van der Waals surface area contributed by atoms with Gasteiger partial charge >= 0.3 is 0 Å². The minimum Gasteiger partial charge on any atom is -0.298 e. The van der Waals surface area contributed by atoms with Crippen LogP contribution < -0.4 is 0 Å². The van der Waals surface area contributed by atoms with Gasteiger partial charge in [0.1, 0.15) is 12.4 Å². The van der Waals surface area contributed by atoms with Crippen LogP contribution in [-0.4, -0.2) is 12.0 Å². The molecule has 0 aliphatic rings. The van der Waals surface area contributed by atoms with Gasteiger partial charge in [-0.25, -0.2) is 0 Å². The van der Waals surface area contributed by atoms with Crippen molar-refractivity contribution in [2.24, 2.45) is 5.92 Å². The first-order valence-corrected chi connectivity index (χ1v) is 5.78. The Morgan fingerprint density at radius 2 is 2.27 bits per heavy atom. The zero-order valence-corrected chi connectivity index (χ0v) is 9.67. The molecule has 2 nitrogen and oxygen atoms in total. The molecule has 0 N–H and O–H groups in total. The highest BCUT2D eigenvalue weighted by atomic mass is 32.2. The van der Waals surface area contributed by atoms with Crippen molar-refractivity contribution in [2.45, 2.75) is 18.7 Å². The molecule has 0 fully saturated rings. The molecule has 78 valence electrons. The first-order valence-electron chi connectivity index (χ1n) is 4.79. The Kier molecular flexibility index (Phi) is 4.38. The van der Waals surface area contributed by atoms with Crippen LogP contribution in [0.2, 0.25) is 0 Å². The van der Waals surface area contributed by atoms with Gasteiger partial charge in [-0.2, -0.15) is 5.26 Å². The van der Waals surface area contributed by atoms with Gasteiger partial charge in [0.15, 0.2) is 0 Å². The standard InChI is InChI=1S/C12H13NOS/c1-9(2)8-15-12-4-3-10(7-14)5-11(12)6-13/h3-5,7,9H,8H2,1-2H3. The van der Waals surface area contributed by atoms with Crippen LogP contribution in [-0.2, 0) is 0 Å². The largest absolute Gasteiger partial charge is 0.298 e. The summed E-state index contributed by atoms with van der Waals surface area (Å²) >= 11 is 1.66. The monoisotopic (exact) mass is 219 g/mol. The van der Waals surface area contributed by atoms with Crippen LogP contribution in [0.15, 0.2) is 23.1 Å². The lowest BCUT2D eigenvalue weighted by Gasteiger charge is -2.06. The SMILES string of the molecule is CC(C)CSc1ccc(C=O)cc1C#N. The summed E-state index contributed by atoms with van der Waals surface area (Å²) in [5.74, 6) is 1.57. The summed E-state index contributed by atoms with van der Waals surface area (Å²) in [5, 5.41) is 8.92. The summed E-state index contributed by atoms with van der Waals surface area (Å²) in [6.07, 6.45) is 0.762. The number of hydrogen-bond donors (Lipinski definition) is 0. The van der Waals surface area contributed by atoms with E-state index < -0.39 is 0 Å². The van der Waals surface area contributed by atoms with Crippen LogP contribution in [0.4, 0.5) is 0 Å². The Morgan fingerprint density at radius 3 is 2.80 bits per heavy atom. The minimum atomic E-state index is 0.556. The molecule has 0 aliphatic carbocycles. The Labute approximate surface area is 94.3 Å². The number of aldehydes is 1. The Morgan fingerprint density at radius 1 is 1.53 bits per heavy atom. The van der Waals surface area contributed by atoms with Crippen molar-refractivity contribution in [3.8, 4) is 6.07 Å². The third-order valence-corrected chi connectivity index (χ3v) is 3.33. The molecule has 15 heavy (non-hydrogen) atoms. The number of carbonyl (C=O) groups is 1. The molecular weight excluding hydrogens is 206 g/mol. The first kappa shape index (κ1) is 11.8. The highest BCUT2D eigenvalue weighted by Crippen LogP contribution is 2.24. The number of carbonyl (C=O) groups excluding carboxylic acids is 1. The first-order chi connectivity index (χ1) is 7.17. The van der Waals surface area contributed by atoms with Crippen molar-refractivity contribution >= 4 is 18.0 Å².